The van der Waals surface area contributed by atoms with E-state index in [1.54, 1.807) is 12.4 Å². The molecule has 1 aliphatic rings. The molecule has 0 saturated carbocycles. The Hall–Kier alpha value is -2.84. The number of rotatable bonds is 5. The van der Waals surface area contributed by atoms with Crippen molar-refractivity contribution in [3.8, 4) is 11.1 Å². The molecule has 0 spiro atoms. The van der Waals surface area contributed by atoms with Crippen molar-refractivity contribution < 1.29 is 17.6 Å². The minimum atomic E-state index is -4.24. The Labute approximate surface area is 188 Å². The molecule has 166 valence electrons. The monoisotopic (exact) mass is 459 g/mol. The molecule has 1 aliphatic heterocycles. The van der Waals surface area contributed by atoms with Gasteiger partial charge in [-0.3, -0.25) is 4.98 Å². The van der Waals surface area contributed by atoms with Gasteiger partial charge in [-0.25, -0.2) is 8.70 Å². The van der Waals surface area contributed by atoms with E-state index in [0.29, 0.717) is 26.2 Å². The van der Waals surface area contributed by atoms with Gasteiger partial charge < -0.3 is 4.90 Å². The van der Waals surface area contributed by atoms with Gasteiger partial charge in [0.15, 0.2) is 0 Å². The summed E-state index contributed by atoms with van der Waals surface area (Å²) < 4.78 is 53.0. The predicted molar refractivity (Wildman–Crippen MR) is 122 cm³/mol. The number of nitrogens with zero attached hydrogens (tertiary/aromatic N) is 3. The first-order valence-electron chi connectivity index (χ1n) is 10.1. The highest BCUT2D eigenvalue weighted by atomic mass is 32.2. The van der Waals surface area contributed by atoms with Gasteiger partial charge in [0.1, 0.15) is 5.82 Å². The molecule has 2 heterocycles. The molecular weight excluding hydrogens is 438 g/mol. The first kappa shape index (κ1) is 22.4. The fourth-order valence-electron chi connectivity index (χ4n) is 3.59. The maximum Gasteiger partial charge on any atom is 0.456 e. The van der Waals surface area contributed by atoms with Crippen molar-refractivity contribution in [3.63, 3.8) is 0 Å². The van der Waals surface area contributed by atoms with E-state index >= 15 is 0 Å². The van der Waals surface area contributed by atoms with E-state index in [2.05, 4.69) is 9.88 Å². The van der Waals surface area contributed by atoms with Crippen molar-refractivity contribution in [3.05, 3.63) is 83.9 Å². The summed E-state index contributed by atoms with van der Waals surface area (Å²) in [6, 6.07) is 16.4. The molecule has 1 fully saturated rings. The second kappa shape index (κ2) is 9.75. The van der Waals surface area contributed by atoms with Gasteiger partial charge in [0.25, 0.3) is 0 Å². The molecule has 0 atom stereocenters. The minimum Gasteiger partial charge on any atom is -0.369 e. The van der Waals surface area contributed by atoms with Crippen molar-refractivity contribution >= 4 is 29.8 Å². The summed E-state index contributed by atoms with van der Waals surface area (Å²) in [6.07, 6.45) is 7.11. The molecule has 1 aromatic heterocycles. The first-order chi connectivity index (χ1) is 15.4. The fourth-order valence-corrected chi connectivity index (χ4v) is 4.23. The van der Waals surface area contributed by atoms with Crippen molar-refractivity contribution in [1.29, 1.82) is 0 Å². The molecule has 3 aromatic rings. The number of pyridine rings is 1. The van der Waals surface area contributed by atoms with Gasteiger partial charge in [-0.1, -0.05) is 24.3 Å². The summed E-state index contributed by atoms with van der Waals surface area (Å²) in [6.45, 7) is 1.79. The van der Waals surface area contributed by atoms with Gasteiger partial charge in [0.05, 0.1) is 0 Å². The lowest BCUT2D eigenvalue weighted by molar-refractivity contribution is -0.0363. The molecule has 0 amide bonds. The van der Waals surface area contributed by atoms with Gasteiger partial charge in [-0.15, -0.1) is 0 Å². The SMILES string of the molecule is Fc1cc(/C=C/c2ccc(N3CCN(SC(F)(F)F)CC3)cc2)cc(-c2ccncc2)c1. The van der Waals surface area contributed by atoms with Gasteiger partial charge >= 0.3 is 5.51 Å². The molecule has 4 rings (SSSR count). The number of halogens is 4. The van der Waals surface area contributed by atoms with Crippen LogP contribution in [-0.4, -0.2) is 41.0 Å². The lowest BCUT2D eigenvalue weighted by atomic mass is 10.0. The normalized spacial score (nSPS) is 15.4. The largest absolute Gasteiger partial charge is 0.456 e. The highest BCUT2D eigenvalue weighted by Gasteiger charge is 2.33. The maximum absolute atomic E-state index is 14.1. The first-order valence-corrected chi connectivity index (χ1v) is 10.9. The Morgan fingerprint density at radius 1 is 0.781 bits per heavy atom. The summed E-state index contributed by atoms with van der Waals surface area (Å²) in [7, 11) is 0. The van der Waals surface area contributed by atoms with E-state index in [-0.39, 0.29) is 17.8 Å². The number of piperazine rings is 1. The van der Waals surface area contributed by atoms with Crippen LogP contribution in [0.15, 0.2) is 67.0 Å². The van der Waals surface area contributed by atoms with Crippen LogP contribution in [-0.2, 0) is 0 Å². The van der Waals surface area contributed by atoms with Crippen LogP contribution in [0.5, 0.6) is 0 Å². The average molecular weight is 460 g/mol. The van der Waals surface area contributed by atoms with Gasteiger partial charge in [0, 0.05) is 56.2 Å². The van der Waals surface area contributed by atoms with Crippen LogP contribution in [0, 0.1) is 5.82 Å². The molecule has 0 radical (unpaired) electrons. The quantitative estimate of drug-likeness (QED) is 0.252. The Morgan fingerprint density at radius 3 is 2.09 bits per heavy atom. The predicted octanol–water partition coefficient (Wildman–Crippen LogP) is 6.35. The average Bonchev–Trinajstić information content (AvgIpc) is 2.78. The minimum absolute atomic E-state index is 0.0499. The molecule has 0 bridgehead atoms. The van der Waals surface area contributed by atoms with Crippen LogP contribution < -0.4 is 4.90 Å². The zero-order valence-corrected chi connectivity index (χ0v) is 17.9. The third-order valence-corrected chi connectivity index (χ3v) is 5.96. The summed E-state index contributed by atoms with van der Waals surface area (Å²) in [4.78, 5) is 6.07. The highest BCUT2D eigenvalue weighted by molar-refractivity contribution is 7.97. The fraction of sp³-hybridized carbons (Fsp3) is 0.208. The maximum atomic E-state index is 14.1. The van der Waals surface area contributed by atoms with Crippen LogP contribution >= 0.6 is 11.9 Å². The van der Waals surface area contributed by atoms with Gasteiger partial charge in [-0.2, -0.15) is 13.2 Å². The van der Waals surface area contributed by atoms with E-state index in [9.17, 15) is 17.6 Å². The standard InChI is InChI=1S/C24H21F4N3S/c25-22-16-19(15-21(17-22)20-7-9-29-10-8-20)2-1-18-3-5-23(6-4-18)30-11-13-31(14-12-30)32-24(26,27)28/h1-10,15-17H,11-14H2/b2-1+. The molecule has 2 aromatic carbocycles. The number of anilines is 1. The molecular formula is C24H21F4N3S. The van der Waals surface area contributed by atoms with Crippen LogP contribution in [0.2, 0.25) is 0 Å². The second-order valence-electron chi connectivity index (χ2n) is 7.39. The topological polar surface area (TPSA) is 19.4 Å². The lowest BCUT2D eigenvalue weighted by Gasteiger charge is -2.35. The lowest BCUT2D eigenvalue weighted by Crippen LogP contribution is -2.44. The Morgan fingerprint density at radius 2 is 1.44 bits per heavy atom. The summed E-state index contributed by atoms with van der Waals surface area (Å²) in [5.74, 6) is -0.308. The molecule has 3 nitrogen and oxygen atoms in total. The van der Waals surface area contributed by atoms with E-state index in [1.807, 2.05) is 54.6 Å². The smallest absolute Gasteiger partial charge is 0.369 e. The van der Waals surface area contributed by atoms with E-state index < -0.39 is 5.51 Å². The Kier molecular flexibility index (Phi) is 6.81. The molecule has 1 saturated heterocycles. The number of aromatic nitrogens is 1. The van der Waals surface area contributed by atoms with Crippen LogP contribution in [0.1, 0.15) is 11.1 Å². The van der Waals surface area contributed by atoms with Crippen molar-refractivity contribution in [2.75, 3.05) is 31.1 Å². The highest BCUT2D eigenvalue weighted by Crippen LogP contribution is 2.34. The van der Waals surface area contributed by atoms with Gasteiger partial charge in [-0.05, 0) is 64.7 Å². The summed E-state index contributed by atoms with van der Waals surface area (Å²) >= 11 is -0.0499. The third-order valence-electron chi connectivity index (χ3n) is 5.13. The molecule has 0 unspecified atom stereocenters. The van der Waals surface area contributed by atoms with E-state index in [1.165, 1.54) is 16.4 Å². The van der Waals surface area contributed by atoms with Crippen LogP contribution in [0.4, 0.5) is 23.2 Å². The second-order valence-corrected chi connectivity index (χ2v) is 8.55. The number of alkyl halides is 3. The molecule has 8 heteroatoms. The summed E-state index contributed by atoms with van der Waals surface area (Å²) in [5, 5.41) is 0. The zero-order valence-electron chi connectivity index (χ0n) is 17.1. The van der Waals surface area contributed by atoms with Crippen molar-refractivity contribution in [1.82, 2.24) is 9.29 Å². The molecule has 32 heavy (non-hydrogen) atoms. The van der Waals surface area contributed by atoms with Gasteiger partial charge in [0.2, 0.25) is 0 Å². The number of hydrogen-bond acceptors (Lipinski definition) is 4. The van der Waals surface area contributed by atoms with Crippen molar-refractivity contribution in [2.24, 2.45) is 0 Å². The number of hydrogen-bond donors (Lipinski definition) is 0. The Balaban J connectivity index is 1.40. The summed E-state index contributed by atoms with van der Waals surface area (Å²) in [5.41, 5.74) is 0.118. The van der Waals surface area contributed by atoms with E-state index in [4.69, 9.17) is 0 Å². The molecule has 0 N–H and O–H groups in total. The van der Waals surface area contributed by atoms with Crippen LogP contribution in [0.25, 0.3) is 23.3 Å². The van der Waals surface area contributed by atoms with E-state index in [0.717, 1.165) is 27.9 Å². The molecule has 0 aliphatic carbocycles. The van der Waals surface area contributed by atoms with Crippen molar-refractivity contribution in [2.45, 2.75) is 5.51 Å². The van der Waals surface area contributed by atoms with Crippen LogP contribution in [0.3, 0.4) is 0 Å². The third kappa shape index (κ3) is 6.11. The zero-order chi connectivity index (χ0) is 22.6. The number of benzene rings is 2. The Bertz CT molecular complexity index is 1060.